The van der Waals surface area contributed by atoms with Crippen molar-refractivity contribution >= 4 is 5.97 Å². The Labute approximate surface area is 75.6 Å². The molecule has 0 saturated heterocycles. The molecule has 0 aliphatic carbocycles. The van der Waals surface area contributed by atoms with Gasteiger partial charge < -0.3 is 10.2 Å². The van der Waals surface area contributed by atoms with Gasteiger partial charge in [-0.2, -0.15) is 0 Å². The van der Waals surface area contributed by atoms with Crippen molar-refractivity contribution in [3.8, 4) is 11.8 Å². The van der Waals surface area contributed by atoms with Crippen LogP contribution < -0.4 is 0 Å². The largest absolute Gasteiger partial charge is 0.478 e. The van der Waals surface area contributed by atoms with Crippen molar-refractivity contribution in [2.24, 2.45) is 0 Å². The van der Waals surface area contributed by atoms with E-state index in [1.165, 1.54) is 6.07 Å². The molecule has 1 aromatic carbocycles. The average molecular weight is 176 g/mol. The number of aromatic carboxylic acids is 1. The Balaban J connectivity index is 3.12. The van der Waals surface area contributed by atoms with Gasteiger partial charge in [-0.15, -0.1) is 0 Å². The second-order valence-corrected chi connectivity index (χ2v) is 2.31. The van der Waals surface area contributed by atoms with E-state index in [4.69, 9.17) is 10.2 Å². The van der Waals surface area contributed by atoms with Crippen LogP contribution in [0.4, 0.5) is 0 Å². The van der Waals surface area contributed by atoms with Crippen LogP contribution in [0.3, 0.4) is 0 Å². The van der Waals surface area contributed by atoms with Crippen LogP contribution in [0.15, 0.2) is 24.3 Å². The second-order valence-electron chi connectivity index (χ2n) is 2.31. The molecule has 0 spiro atoms. The van der Waals surface area contributed by atoms with Crippen molar-refractivity contribution in [3.05, 3.63) is 35.4 Å². The van der Waals surface area contributed by atoms with E-state index >= 15 is 0 Å². The van der Waals surface area contributed by atoms with Gasteiger partial charge in [-0.1, -0.05) is 24.0 Å². The topological polar surface area (TPSA) is 57.5 Å². The van der Waals surface area contributed by atoms with E-state index in [0.717, 1.165) is 0 Å². The van der Waals surface area contributed by atoms with E-state index in [-0.39, 0.29) is 12.2 Å². The van der Waals surface area contributed by atoms with Crippen LogP contribution in [-0.4, -0.2) is 22.8 Å². The first-order valence-corrected chi connectivity index (χ1v) is 3.67. The van der Waals surface area contributed by atoms with Crippen molar-refractivity contribution < 1.29 is 15.0 Å². The predicted octanol–water partition coefficient (Wildman–Crippen LogP) is 0.729. The lowest BCUT2D eigenvalue weighted by Crippen LogP contribution is -1.99. The standard InChI is InChI=1S/C10H8O3/c11-7-3-5-8-4-1-2-6-9(8)10(12)13/h1-2,4,6,11H,7H2,(H,12,13). The van der Waals surface area contributed by atoms with Gasteiger partial charge in [0.15, 0.2) is 0 Å². The summed E-state index contributed by atoms with van der Waals surface area (Å²) in [5.74, 6) is 3.95. The maximum Gasteiger partial charge on any atom is 0.336 e. The maximum absolute atomic E-state index is 10.7. The maximum atomic E-state index is 10.7. The molecule has 0 aromatic heterocycles. The number of hydrogen-bond donors (Lipinski definition) is 2. The van der Waals surface area contributed by atoms with Crippen molar-refractivity contribution in [3.63, 3.8) is 0 Å². The highest BCUT2D eigenvalue weighted by atomic mass is 16.4. The van der Waals surface area contributed by atoms with Crippen molar-refractivity contribution in [1.29, 1.82) is 0 Å². The molecule has 0 aliphatic heterocycles. The Kier molecular flexibility index (Phi) is 3.07. The summed E-state index contributed by atoms with van der Waals surface area (Å²) in [6.07, 6.45) is 0. The molecule has 1 aromatic rings. The van der Waals surface area contributed by atoms with Crippen LogP contribution in [-0.2, 0) is 0 Å². The SMILES string of the molecule is O=C(O)c1ccccc1C#CCO. The fourth-order valence-corrected chi connectivity index (χ4v) is 0.913. The minimum Gasteiger partial charge on any atom is -0.478 e. The average Bonchev–Trinajstić information content (AvgIpc) is 2.15. The first-order chi connectivity index (χ1) is 6.25. The third-order valence-corrected chi connectivity index (χ3v) is 1.46. The Morgan fingerprint density at radius 3 is 2.69 bits per heavy atom. The van der Waals surface area contributed by atoms with Gasteiger partial charge in [-0.3, -0.25) is 0 Å². The van der Waals surface area contributed by atoms with Gasteiger partial charge in [0.2, 0.25) is 0 Å². The van der Waals surface area contributed by atoms with Gasteiger partial charge in [0.05, 0.1) is 5.56 Å². The van der Waals surface area contributed by atoms with E-state index in [1.807, 2.05) is 0 Å². The number of carboxylic acids is 1. The van der Waals surface area contributed by atoms with Gasteiger partial charge in [0, 0.05) is 5.56 Å². The van der Waals surface area contributed by atoms with Crippen molar-refractivity contribution in [2.45, 2.75) is 0 Å². The summed E-state index contributed by atoms with van der Waals surface area (Å²) >= 11 is 0. The number of aliphatic hydroxyl groups excluding tert-OH is 1. The number of carbonyl (C=O) groups is 1. The number of benzene rings is 1. The Morgan fingerprint density at radius 1 is 1.38 bits per heavy atom. The minimum absolute atomic E-state index is 0.156. The molecule has 3 nitrogen and oxygen atoms in total. The zero-order valence-corrected chi connectivity index (χ0v) is 6.82. The van der Waals surface area contributed by atoms with Gasteiger partial charge in [0.25, 0.3) is 0 Å². The van der Waals surface area contributed by atoms with Gasteiger partial charge >= 0.3 is 5.97 Å². The lowest BCUT2D eigenvalue weighted by atomic mass is 10.1. The van der Waals surface area contributed by atoms with Gasteiger partial charge in [-0.05, 0) is 12.1 Å². The minimum atomic E-state index is -1.01. The molecule has 2 N–H and O–H groups in total. The molecule has 0 saturated carbocycles. The smallest absolute Gasteiger partial charge is 0.336 e. The van der Waals surface area contributed by atoms with Crippen LogP contribution in [0.25, 0.3) is 0 Å². The molecular formula is C10H8O3. The molecule has 66 valence electrons. The van der Waals surface area contributed by atoms with Gasteiger partial charge in [0.1, 0.15) is 6.61 Å². The molecule has 13 heavy (non-hydrogen) atoms. The fourth-order valence-electron chi connectivity index (χ4n) is 0.913. The van der Waals surface area contributed by atoms with Crippen molar-refractivity contribution in [2.75, 3.05) is 6.61 Å². The molecule has 0 aliphatic rings. The summed E-state index contributed by atoms with van der Waals surface area (Å²) in [7, 11) is 0. The molecule has 0 bridgehead atoms. The second kappa shape index (κ2) is 4.29. The van der Waals surface area contributed by atoms with E-state index in [2.05, 4.69) is 11.8 Å². The van der Waals surface area contributed by atoms with E-state index in [0.29, 0.717) is 5.56 Å². The van der Waals surface area contributed by atoms with E-state index in [1.54, 1.807) is 18.2 Å². The number of hydrogen-bond acceptors (Lipinski definition) is 2. The lowest BCUT2D eigenvalue weighted by Gasteiger charge is -1.96. The van der Waals surface area contributed by atoms with Crippen LogP contribution in [0.5, 0.6) is 0 Å². The Hall–Kier alpha value is -1.79. The monoisotopic (exact) mass is 176 g/mol. The van der Waals surface area contributed by atoms with Gasteiger partial charge in [-0.25, -0.2) is 4.79 Å². The Bertz CT molecular complexity index is 371. The summed E-state index contributed by atoms with van der Waals surface area (Å²) in [5, 5.41) is 17.2. The molecule has 0 atom stereocenters. The summed E-state index contributed by atoms with van der Waals surface area (Å²) in [4.78, 5) is 10.7. The summed E-state index contributed by atoms with van der Waals surface area (Å²) in [6, 6.07) is 6.41. The number of carboxylic acid groups (broad SMARTS) is 1. The van der Waals surface area contributed by atoms with Crippen LogP contribution >= 0.6 is 0 Å². The third kappa shape index (κ3) is 2.32. The first-order valence-electron chi connectivity index (χ1n) is 3.67. The normalized spacial score (nSPS) is 8.69. The van der Waals surface area contributed by atoms with E-state index < -0.39 is 5.97 Å². The quantitative estimate of drug-likeness (QED) is 0.620. The molecule has 0 unspecified atom stereocenters. The zero-order valence-electron chi connectivity index (χ0n) is 6.82. The highest BCUT2D eigenvalue weighted by molar-refractivity contribution is 5.90. The van der Waals surface area contributed by atoms with Crippen LogP contribution in [0, 0.1) is 11.8 Å². The summed E-state index contributed by atoms with van der Waals surface area (Å²) in [5.41, 5.74) is 0.576. The van der Waals surface area contributed by atoms with Crippen LogP contribution in [0.1, 0.15) is 15.9 Å². The van der Waals surface area contributed by atoms with E-state index in [9.17, 15) is 4.79 Å². The highest BCUT2D eigenvalue weighted by Crippen LogP contribution is 2.06. The molecule has 0 heterocycles. The summed E-state index contributed by atoms with van der Waals surface area (Å²) < 4.78 is 0. The molecule has 0 amide bonds. The lowest BCUT2D eigenvalue weighted by molar-refractivity contribution is 0.0696. The fraction of sp³-hybridized carbons (Fsp3) is 0.100. The first kappa shape index (κ1) is 9.30. The molecule has 0 radical (unpaired) electrons. The zero-order chi connectivity index (χ0) is 9.68. The molecule has 1 rings (SSSR count). The Morgan fingerprint density at radius 2 is 2.08 bits per heavy atom. The molecular weight excluding hydrogens is 168 g/mol. The predicted molar refractivity (Wildman–Crippen MR) is 47.4 cm³/mol. The highest BCUT2D eigenvalue weighted by Gasteiger charge is 2.05. The third-order valence-electron chi connectivity index (χ3n) is 1.46. The summed E-state index contributed by atoms with van der Waals surface area (Å²) in [6.45, 7) is -0.270. The van der Waals surface area contributed by atoms with Crippen molar-refractivity contribution in [1.82, 2.24) is 0 Å². The molecule has 0 fully saturated rings. The number of rotatable bonds is 1. The van der Waals surface area contributed by atoms with Crippen LogP contribution in [0.2, 0.25) is 0 Å². The molecule has 3 heteroatoms. The number of aliphatic hydroxyl groups is 1.